The summed E-state index contributed by atoms with van der Waals surface area (Å²) in [6.07, 6.45) is 5.03. The summed E-state index contributed by atoms with van der Waals surface area (Å²) in [6.45, 7) is 0.831. The summed E-state index contributed by atoms with van der Waals surface area (Å²) in [5.41, 5.74) is 20.1. The van der Waals surface area contributed by atoms with E-state index >= 15 is 0 Å². The van der Waals surface area contributed by atoms with Crippen LogP contribution in [-0.2, 0) is 32.0 Å². The predicted octanol–water partition coefficient (Wildman–Crippen LogP) is 1.08. The lowest BCUT2D eigenvalue weighted by Gasteiger charge is -2.25. The van der Waals surface area contributed by atoms with Gasteiger partial charge in [-0.2, -0.15) is 0 Å². The number of nitrogens with two attached hydrogens (primary N) is 3. The fourth-order valence-corrected chi connectivity index (χ4v) is 5.02. The Bertz CT molecular complexity index is 1360. The molecule has 3 rings (SSSR count). The van der Waals surface area contributed by atoms with Crippen molar-refractivity contribution in [3.8, 4) is 0 Å². The number of para-hydroxylation sites is 1. The van der Waals surface area contributed by atoms with E-state index in [1.54, 1.807) is 0 Å². The van der Waals surface area contributed by atoms with Crippen LogP contribution in [0.3, 0.4) is 0 Å². The number of rotatable bonds is 19. The highest BCUT2D eigenvalue weighted by Crippen LogP contribution is 2.19. The van der Waals surface area contributed by atoms with Gasteiger partial charge in [0.2, 0.25) is 17.7 Å². The Labute approximate surface area is 257 Å². The van der Waals surface area contributed by atoms with E-state index in [2.05, 4.69) is 20.9 Å². The Morgan fingerprint density at radius 3 is 1.93 bits per heavy atom. The first-order valence-electron chi connectivity index (χ1n) is 15.1. The first-order chi connectivity index (χ1) is 21.2. The van der Waals surface area contributed by atoms with Gasteiger partial charge in [-0.05, 0) is 75.2 Å². The number of hydrogen-bond acceptors (Lipinski definition) is 7. The highest BCUT2D eigenvalue weighted by Gasteiger charge is 2.30. The number of hydrogen-bond donors (Lipinski definition) is 8. The third-order valence-corrected chi connectivity index (χ3v) is 7.51. The number of benzene rings is 2. The molecule has 238 valence electrons. The third-order valence-electron chi connectivity index (χ3n) is 7.51. The van der Waals surface area contributed by atoms with Gasteiger partial charge in [-0.15, -0.1) is 0 Å². The molecule has 11 N–H and O–H groups in total. The van der Waals surface area contributed by atoms with Crippen molar-refractivity contribution in [1.82, 2.24) is 20.9 Å². The summed E-state index contributed by atoms with van der Waals surface area (Å²) in [4.78, 5) is 55.2. The Morgan fingerprint density at radius 1 is 0.705 bits per heavy atom. The maximum absolute atomic E-state index is 13.6. The predicted molar refractivity (Wildman–Crippen MR) is 169 cm³/mol. The number of carboxylic acid groups (broad SMARTS) is 1. The lowest BCUT2D eigenvalue weighted by atomic mass is 10.0. The fraction of sp³-hybridized carbons (Fsp3) is 0.438. The van der Waals surface area contributed by atoms with E-state index < -0.39 is 47.9 Å². The number of unbranched alkanes of at least 4 members (excludes halogenated alkanes) is 2. The molecular weight excluding hydrogens is 562 g/mol. The van der Waals surface area contributed by atoms with E-state index in [1.165, 1.54) is 0 Å². The van der Waals surface area contributed by atoms with E-state index in [0.717, 1.165) is 22.0 Å². The molecule has 12 heteroatoms. The molecule has 44 heavy (non-hydrogen) atoms. The first-order valence-corrected chi connectivity index (χ1v) is 15.1. The van der Waals surface area contributed by atoms with Crippen LogP contribution >= 0.6 is 0 Å². The fourth-order valence-electron chi connectivity index (χ4n) is 5.02. The summed E-state index contributed by atoms with van der Waals surface area (Å²) >= 11 is 0. The molecule has 0 radical (unpaired) electrons. The Balaban J connectivity index is 1.74. The zero-order valence-electron chi connectivity index (χ0n) is 25.0. The van der Waals surface area contributed by atoms with Crippen molar-refractivity contribution in [3.05, 3.63) is 71.9 Å². The van der Waals surface area contributed by atoms with Gasteiger partial charge >= 0.3 is 5.97 Å². The van der Waals surface area contributed by atoms with Crippen molar-refractivity contribution in [1.29, 1.82) is 0 Å². The molecule has 1 heterocycles. The number of fused-ring (bicyclic) bond motifs is 1. The van der Waals surface area contributed by atoms with Crippen molar-refractivity contribution < 1.29 is 24.3 Å². The molecule has 0 saturated heterocycles. The van der Waals surface area contributed by atoms with Crippen molar-refractivity contribution in [3.63, 3.8) is 0 Å². The molecule has 0 saturated carbocycles. The van der Waals surface area contributed by atoms with Crippen LogP contribution in [-0.4, -0.2) is 71.0 Å². The van der Waals surface area contributed by atoms with Gasteiger partial charge in [-0.1, -0.05) is 48.5 Å². The van der Waals surface area contributed by atoms with E-state index in [9.17, 15) is 24.3 Å². The Morgan fingerprint density at radius 2 is 1.27 bits per heavy atom. The van der Waals surface area contributed by atoms with Crippen LogP contribution in [0, 0.1) is 0 Å². The number of aromatic nitrogens is 1. The van der Waals surface area contributed by atoms with Crippen LogP contribution < -0.4 is 33.2 Å². The normalized spacial score (nSPS) is 13.9. The molecule has 0 aliphatic carbocycles. The van der Waals surface area contributed by atoms with Crippen molar-refractivity contribution >= 4 is 34.6 Å². The second-order valence-electron chi connectivity index (χ2n) is 11.0. The molecule has 0 fully saturated rings. The number of aromatic amines is 1. The molecule has 0 aliphatic heterocycles. The molecule has 1 aromatic heterocycles. The lowest BCUT2D eigenvalue weighted by Crippen LogP contribution is -2.57. The molecule has 3 aromatic rings. The summed E-state index contributed by atoms with van der Waals surface area (Å²) in [5, 5.41) is 18.7. The standard InChI is InChI=1S/C32H45N7O5/c33-16-8-6-14-26(37-29(40)24(35)19-22-20-36-25-13-5-4-12-23(22)25)30(41)39-28(18-21-10-2-1-3-11-21)31(42)38-27(32(43)44)15-7-9-17-34/h1-5,10-13,20,24,26-28,36H,6-9,14-19,33-35H2,(H,37,40)(H,38,42)(H,39,41)(H,43,44)/t24-,26-,27-,28-/m0/s1. The Kier molecular flexibility index (Phi) is 13.8. The summed E-state index contributed by atoms with van der Waals surface area (Å²) in [7, 11) is 0. The number of amides is 3. The van der Waals surface area contributed by atoms with Gasteiger partial charge in [0.15, 0.2) is 0 Å². The zero-order chi connectivity index (χ0) is 31.9. The number of carbonyl (C=O) groups is 4. The number of H-pyrrole nitrogens is 1. The number of nitrogens with one attached hydrogen (secondary N) is 4. The molecule has 0 unspecified atom stereocenters. The van der Waals surface area contributed by atoms with Gasteiger partial charge in [-0.25, -0.2) is 4.79 Å². The number of carbonyl (C=O) groups excluding carboxylic acids is 3. The highest BCUT2D eigenvalue weighted by molar-refractivity contribution is 5.94. The van der Waals surface area contributed by atoms with Crippen LogP contribution in [0.2, 0.25) is 0 Å². The Hall–Kier alpha value is -4.26. The summed E-state index contributed by atoms with van der Waals surface area (Å²) in [6, 6.07) is 12.6. The van der Waals surface area contributed by atoms with Crippen LogP contribution in [0.1, 0.15) is 49.7 Å². The van der Waals surface area contributed by atoms with Gasteiger partial charge in [0, 0.05) is 23.5 Å². The van der Waals surface area contributed by atoms with Gasteiger partial charge in [0.05, 0.1) is 6.04 Å². The minimum absolute atomic E-state index is 0.122. The van der Waals surface area contributed by atoms with E-state index in [-0.39, 0.29) is 25.7 Å². The van der Waals surface area contributed by atoms with Gasteiger partial charge in [0.1, 0.15) is 18.1 Å². The van der Waals surface area contributed by atoms with Crippen LogP contribution in [0.25, 0.3) is 10.9 Å². The maximum atomic E-state index is 13.6. The lowest BCUT2D eigenvalue weighted by molar-refractivity contribution is -0.142. The van der Waals surface area contributed by atoms with Crippen LogP contribution in [0.15, 0.2) is 60.8 Å². The van der Waals surface area contributed by atoms with Crippen molar-refractivity contribution in [2.45, 2.75) is 75.5 Å². The van der Waals surface area contributed by atoms with Crippen molar-refractivity contribution in [2.75, 3.05) is 13.1 Å². The monoisotopic (exact) mass is 607 g/mol. The molecule has 3 amide bonds. The minimum atomic E-state index is -1.17. The van der Waals surface area contributed by atoms with Gasteiger partial charge in [0.25, 0.3) is 0 Å². The third kappa shape index (κ3) is 10.5. The quantitative estimate of drug-likeness (QED) is 0.0920. The van der Waals surface area contributed by atoms with Crippen molar-refractivity contribution in [2.24, 2.45) is 17.2 Å². The molecular formula is C32H45N7O5. The van der Waals surface area contributed by atoms with E-state index in [0.29, 0.717) is 38.8 Å². The average Bonchev–Trinajstić information content (AvgIpc) is 3.42. The first kappa shape index (κ1) is 34.2. The highest BCUT2D eigenvalue weighted by atomic mass is 16.4. The van der Waals surface area contributed by atoms with Gasteiger partial charge in [-0.3, -0.25) is 14.4 Å². The number of carboxylic acids is 1. The average molecular weight is 608 g/mol. The van der Waals surface area contributed by atoms with Gasteiger partial charge < -0.3 is 43.2 Å². The zero-order valence-corrected chi connectivity index (χ0v) is 25.0. The smallest absolute Gasteiger partial charge is 0.326 e. The molecule has 0 bridgehead atoms. The number of aliphatic carboxylic acids is 1. The van der Waals surface area contributed by atoms with E-state index in [4.69, 9.17) is 17.2 Å². The second-order valence-corrected chi connectivity index (χ2v) is 11.0. The second kappa shape index (κ2) is 17.8. The topological polar surface area (TPSA) is 218 Å². The molecule has 4 atom stereocenters. The van der Waals surface area contributed by atoms with Crippen LogP contribution in [0.5, 0.6) is 0 Å². The summed E-state index contributed by atoms with van der Waals surface area (Å²) < 4.78 is 0. The van der Waals surface area contributed by atoms with E-state index in [1.807, 2.05) is 60.8 Å². The maximum Gasteiger partial charge on any atom is 0.326 e. The molecule has 12 nitrogen and oxygen atoms in total. The largest absolute Gasteiger partial charge is 0.480 e. The van der Waals surface area contributed by atoms with Crippen LogP contribution in [0.4, 0.5) is 0 Å². The molecule has 2 aromatic carbocycles. The minimum Gasteiger partial charge on any atom is -0.480 e. The molecule has 0 aliphatic rings. The SMILES string of the molecule is NCCCC[C@H](NC(=O)[C@H](Cc1ccccc1)NC(=O)[C@H](CCCCN)NC(=O)[C@@H](N)Cc1c[nH]c2ccccc12)C(=O)O. The molecule has 0 spiro atoms. The summed E-state index contributed by atoms with van der Waals surface area (Å²) in [5.74, 6) is -2.87.